The predicted molar refractivity (Wildman–Crippen MR) is 143 cm³/mol. The second kappa shape index (κ2) is 10.7. The third-order valence-electron chi connectivity index (χ3n) is 6.91. The van der Waals surface area contributed by atoms with Crippen LogP contribution in [0.15, 0.2) is 81.3 Å². The highest BCUT2D eigenvalue weighted by Crippen LogP contribution is 2.35. The highest BCUT2D eigenvalue weighted by atomic mass is 32.2. The lowest BCUT2D eigenvalue weighted by molar-refractivity contribution is 0.165. The molecule has 2 aromatic carbocycles. The van der Waals surface area contributed by atoms with Crippen LogP contribution in [0.4, 0.5) is 4.39 Å². The van der Waals surface area contributed by atoms with Gasteiger partial charge >= 0.3 is 0 Å². The maximum atomic E-state index is 14.0. The van der Waals surface area contributed by atoms with Gasteiger partial charge in [-0.25, -0.2) is 13.4 Å². The van der Waals surface area contributed by atoms with Crippen molar-refractivity contribution in [3.8, 4) is 17.0 Å². The number of aromatic nitrogens is 3. The minimum absolute atomic E-state index is 0.104. The molecule has 0 saturated heterocycles. The van der Waals surface area contributed by atoms with E-state index >= 15 is 0 Å². The van der Waals surface area contributed by atoms with Crippen LogP contribution in [-0.4, -0.2) is 41.8 Å². The molecule has 1 N–H and O–H groups in total. The van der Waals surface area contributed by atoms with Crippen LogP contribution in [0.5, 0.6) is 5.88 Å². The van der Waals surface area contributed by atoms with E-state index in [-0.39, 0.29) is 11.5 Å². The van der Waals surface area contributed by atoms with E-state index in [1.165, 1.54) is 29.9 Å². The van der Waals surface area contributed by atoms with E-state index in [0.717, 1.165) is 18.4 Å². The molecule has 5 rings (SSSR count). The lowest BCUT2D eigenvalue weighted by atomic mass is 10.1. The van der Waals surface area contributed by atoms with Gasteiger partial charge in [0.05, 0.1) is 17.5 Å². The van der Waals surface area contributed by atoms with Gasteiger partial charge in [0.15, 0.2) is 4.90 Å². The summed E-state index contributed by atoms with van der Waals surface area (Å²) in [4.78, 5) is 21.1. The van der Waals surface area contributed by atoms with Crippen LogP contribution in [-0.2, 0) is 21.0 Å². The van der Waals surface area contributed by atoms with Crippen LogP contribution in [0.2, 0.25) is 0 Å². The maximum absolute atomic E-state index is 14.0. The van der Waals surface area contributed by atoms with Crippen LogP contribution in [0.3, 0.4) is 0 Å². The molecule has 2 aromatic heterocycles. The number of halogens is 1. The van der Waals surface area contributed by atoms with Crippen molar-refractivity contribution in [1.29, 1.82) is 0 Å². The summed E-state index contributed by atoms with van der Waals surface area (Å²) in [7, 11) is -2.95. The van der Waals surface area contributed by atoms with Gasteiger partial charge in [0.1, 0.15) is 5.82 Å². The van der Waals surface area contributed by atoms with Gasteiger partial charge in [0.25, 0.3) is 5.56 Å². The highest BCUT2D eigenvalue weighted by Gasteiger charge is 2.34. The van der Waals surface area contributed by atoms with Gasteiger partial charge in [0, 0.05) is 24.8 Å². The van der Waals surface area contributed by atoms with E-state index in [2.05, 4.69) is 9.97 Å². The zero-order valence-corrected chi connectivity index (χ0v) is 22.4. The predicted octanol–water partition coefficient (Wildman–Crippen LogP) is 4.48. The summed E-state index contributed by atoms with van der Waals surface area (Å²) in [5, 5.41) is 10.8. The Morgan fingerprint density at radius 1 is 1.05 bits per heavy atom. The smallest absolute Gasteiger partial charge is 0.277 e. The largest absolute Gasteiger partial charge is 0.492 e. The summed E-state index contributed by atoms with van der Waals surface area (Å²) in [6.45, 7) is 1.76. The number of hydrogen-bond acceptors (Lipinski definition) is 7. The van der Waals surface area contributed by atoms with E-state index in [4.69, 9.17) is 4.74 Å². The van der Waals surface area contributed by atoms with Crippen molar-refractivity contribution in [2.75, 3.05) is 13.7 Å². The minimum Gasteiger partial charge on any atom is -0.492 e. The Balaban J connectivity index is 1.63. The summed E-state index contributed by atoms with van der Waals surface area (Å²) < 4.78 is 47.7. The van der Waals surface area contributed by atoms with Crippen molar-refractivity contribution in [2.45, 2.75) is 42.0 Å². The number of pyridine rings is 1. The molecule has 202 valence electrons. The van der Waals surface area contributed by atoms with Gasteiger partial charge < -0.3 is 9.84 Å². The SMILES string of the molecule is COCC(c1ccccc1)n1c(CC2CC2)nc(O)c(S(=O)(=O)c2ccc(-c3ccc(F)nc3C)cc2)c1=O. The Kier molecular flexibility index (Phi) is 7.33. The molecule has 39 heavy (non-hydrogen) atoms. The standard InChI is InChI=1S/C29H28FN3O5S/c1-18-23(14-15-25(30)31-18)20-10-12-22(13-11-20)39(36,37)27-28(34)32-26(16-19-8-9-19)33(29(27)35)24(17-38-2)21-6-4-3-5-7-21/h3-7,10-15,19,24,34H,8-9,16-17H2,1-2H3. The van der Waals surface area contributed by atoms with Crippen molar-refractivity contribution in [1.82, 2.24) is 14.5 Å². The highest BCUT2D eigenvalue weighted by molar-refractivity contribution is 7.91. The molecule has 0 amide bonds. The summed E-state index contributed by atoms with van der Waals surface area (Å²) in [6, 6.07) is 17.1. The molecule has 1 saturated carbocycles. The fourth-order valence-corrected chi connectivity index (χ4v) is 6.09. The summed E-state index contributed by atoms with van der Waals surface area (Å²) in [5.41, 5.74) is 1.62. The monoisotopic (exact) mass is 549 g/mol. The lowest BCUT2D eigenvalue weighted by Crippen LogP contribution is -2.35. The molecule has 0 bridgehead atoms. The first-order valence-corrected chi connectivity index (χ1v) is 14.1. The molecule has 2 heterocycles. The Hall–Kier alpha value is -3.89. The van der Waals surface area contributed by atoms with Crippen molar-refractivity contribution < 1.29 is 22.7 Å². The Bertz CT molecular complexity index is 1670. The number of ether oxygens (including phenoxy) is 1. The molecule has 1 aliphatic carbocycles. The summed E-state index contributed by atoms with van der Waals surface area (Å²) in [6.07, 6.45) is 2.40. The molecule has 1 aliphatic rings. The zero-order chi connectivity index (χ0) is 27.7. The van der Waals surface area contributed by atoms with Gasteiger partial charge in [-0.3, -0.25) is 9.36 Å². The molecule has 1 unspecified atom stereocenters. The number of benzene rings is 2. The second-order valence-electron chi connectivity index (χ2n) is 9.68. The van der Waals surface area contributed by atoms with Crippen molar-refractivity contribution in [3.63, 3.8) is 0 Å². The van der Waals surface area contributed by atoms with Gasteiger partial charge in [-0.05, 0) is 61.1 Å². The van der Waals surface area contributed by atoms with Crippen LogP contribution in [0.25, 0.3) is 11.1 Å². The Morgan fingerprint density at radius 3 is 2.36 bits per heavy atom. The van der Waals surface area contributed by atoms with E-state index in [0.29, 0.717) is 35.0 Å². The normalized spacial score (nSPS) is 14.3. The fraction of sp³-hybridized carbons (Fsp3) is 0.276. The average molecular weight is 550 g/mol. The maximum Gasteiger partial charge on any atom is 0.277 e. The minimum atomic E-state index is -4.46. The average Bonchev–Trinajstić information content (AvgIpc) is 3.72. The van der Waals surface area contributed by atoms with E-state index in [9.17, 15) is 22.7 Å². The van der Waals surface area contributed by atoms with Crippen LogP contribution in [0, 0.1) is 18.8 Å². The molecular weight excluding hydrogens is 521 g/mol. The molecule has 0 aliphatic heterocycles. The van der Waals surface area contributed by atoms with Gasteiger partial charge in [-0.15, -0.1) is 0 Å². The zero-order valence-electron chi connectivity index (χ0n) is 21.5. The molecular formula is C29H28FN3O5S. The van der Waals surface area contributed by atoms with Crippen LogP contribution < -0.4 is 5.56 Å². The topological polar surface area (TPSA) is 111 Å². The second-order valence-corrected chi connectivity index (χ2v) is 11.6. The van der Waals surface area contributed by atoms with E-state index < -0.39 is 38.2 Å². The third kappa shape index (κ3) is 5.35. The molecule has 8 nitrogen and oxygen atoms in total. The van der Waals surface area contributed by atoms with Crippen molar-refractivity contribution >= 4 is 9.84 Å². The first-order chi connectivity index (χ1) is 18.7. The number of rotatable bonds is 9. The third-order valence-corrected chi connectivity index (χ3v) is 8.70. The van der Waals surface area contributed by atoms with E-state index in [1.54, 1.807) is 25.1 Å². The number of hydrogen-bond donors (Lipinski definition) is 1. The van der Waals surface area contributed by atoms with Gasteiger partial charge in [-0.2, -0.15) is 9.37 Å². The molecule has 10 heteroatoms. The quantitative estimate of drug-likeness (QED) is 0.307. The first-order valence-electron chi connectivity index (χ1n) is 12.6. The van der Waals surface area contributed by atoms with Crippen molar-refractivity contribution in [2.24, 2.45) is 5.92 Å². The first kappa shape index (κ1) is 26.7. The summed E-state index contributed by atoms with van der Waals surface area (Å²) in [5.74, 6) is -0.790. The Morgan fingerprint density at radius 2 is 1.74 bits per heavy atom. The fourth-order valence-electron chi connectivity index (χ4n) is 4.75. The number of nitrogens with zero attached hydrogens (tertiary/aromatic N) is 3. The van der Waals surface area contributed by atoms with Gasteiger partial charge in [-0.1, -0.05) is 42.5 Å². The molecule has 1 atom stereocenters. The van der Waals surface area contributed by atoms with Gasteiger partial charge in [0.2, 0.25) is 21.7 Å². The van der Waals surface area contributed by atoms with Crippen LogP contribution >= 0.6 is 0 Å². The number of sulfone groups is 1. The number of aryl methyl sites for hydroxylation is 1. The Labute approximate surface area is 225 Å². The van der Waals surface area contributed by atoms with Crippen molar-refractivity contribution in [3.05, 3.63) is 100 Å². The van der Waals surface area contributed by atoms with Crippen LogP contribution in [0.1, 0.15) is 36.0 Å². The number of aromatic hydroxyl groups is 1. The molecule has 0 radical (unpaired) electrons. The summed E-state index contributed by atoms with van der Waals surface area (Å²) >= 11 is 0. The lowest BCUT2D eigenvalue weighted by Gasteiger charge is -2.24. The molecule has 1 fully saturated rings. The molecule has 4 aromatic rings. The molecule has 0 spiro atoms. The number of methoxy groups -OCH3 is 1. The van der Waals surface area contributed by atoms with E-state index in [1.807, 2.05) is 30.3 Å².